The van der Waals surface area contributed by atoms with Gasteiger partial charge in [0, 0.05) is 48.1 Å². The van der Waals surface area contributed by atoms with Gasteiger partial charge in [-0.1, -0.05) is 31.0 Å². The van der Waals surface area contributed by atoms with Crippen LogP contribution in [0.2, 0.25) is 5.02 Å². The molecule has 3 heterocycles. The number of anilines is 1. The van der Waals surface area contributed by atoms with Crippen LogP contribution in [-0.2, 0) is 26.7 Å². The van der Waals surface area contributed by atoms with Gasteiger partial charge in [0.15, 0.2) is 0 Å². The standard InChI is InChI=1S/C33H41ClN2O5S.C6H13NO3/c1-21-5-3-6-26(18-37)28-11-8-25(28)17-36-19-33(14-4-7-23-15-27(34)10-12-29(23)33)20-41-31-13-9-24(16-30(31)36)32(38)35-42(39,40)22(21)2;8-3-5(4-9)7-1-6(10)2-7/h9-10,12-13,15-16,18,21-22,25-26,28H,3-8,11,14,17,19-20H2,1-2H3,(H,35,38);5-6,8-10H,1-4H2/t21-,22+,25-,26?,28+,33-;/m0./s1. The van der Waals surface area contributed by atoms with Crippen LogP contribution in [0, 0.1) is 23.7 Å². The molecular formula is C39H54ClN3O8S. The first kappa shape index (κ1) is 39.0. The predicted octanol–water partition coefficient (Wildman–Crippen LogP) is 3.94. The molecule has 2 aromatic rings. The molecule has 1 saturated carbocycles. The van der Waals surface area contributed by atoms with Crippen molar-refractivity contribution in [3.05, 3.63) is 58.1 Å². The van der Waals surface area contributed by atoms with Gasteiger partial charge in [0.2, 0.25) is 10.0 Å². The first-order chi connectivity index (χ1) is 24.9. The van der Waals surface area contributed by atoms with Crippen molar-refractivity contribution < 1.29 is 38.1 Å². The number of ether oxygens (including phenoxy) is 1. The van der Waals surface area contributed by atoms with E-state index in [4.69, 9.17) is 31.7 Å². The Morgan fingerprint density at radius 1 is 1.04 bits per heavy atom. The molecule has 0 aromatic heterocycles. The van der Waals surface area contributed by atoms with E-state index < -0.39 is 21.2 Å². The Hall–Kier alpha value is -2.74. The highest BCUT2D eigenvalue weighted by Crippen LogP contribution is 2.47. The van der Waals surface area contributed by atoms with Gasteiger partial charge in [-0.2, -0.15) is 0 Å². The van der Waals surface area contributed by atoms with Crippen LogP contribution in [0.3, 0.4) is 0 Å². The van der Waals surface area contributed by atoms with E-state index in [0.717, 1.165) is 68.5 Å². The largest absolute Gasteiger partial charge is 0.490 e. The summed E-state index contributed by atoms with van der Waals surface area (Å²) in [5.74, 6) is 0.559. The number of hydrogen-bond donors (Lipinski definition) is 4. The zero-order valence-corrected chi connectivity index (χ0v) is 31.8. The lowest BCUT2D eigenvalue weighted by molar-refractivity contribution is -0.115. The molecule has 1 unspecified atom stereocenters. The highest BCUT2D eigenvalue weighted by molar-refractivity contribution is 7.90. The van der Waals surface area contributed by atoms with Crippen LogP contribution in [0.5, 0.6) is 5.75 Å². The summed E-state index contributed by atoms with van der Waals surface area (Å²) >= 11 is 6.39. The fraction of sp³-hybridized carbons (Fsp3) is 0.641. The third-order valence-corrected chi connectivity index (χ3v) is 14.7. The maximum absolute atomic E-state index is 13.3. The molecular weight excluding hydrogens is 706 g/mol. The number of aliphatic hydroxyl groups excluding tert-OH is 3. The van der Waals surface area contributed by atoms with Crippen LogP contribution in [0.1, 0.15) is 80.3 Å². The summed E-state index contributed by atoms with van der Waals surface area (Å²) in [6.07, 6.45) is 8.17. The molecule has 2 aliphatic carbocycles. The molecule has 2 aromatic carbocycles. The van der Waals surface area contributed by atoms with E-state index in [9.17, 15) is 18.0 Å². The summed E-state index contributed by atoms with van der Waals surface area (Å²) in [5.41, 5.74) is 3.37. The maximum atomic E-state index is 13.3. The van der Waals surface area contributed by atoms with E-state index in [1.54, 1.807) is 25.1 Å². The normalized spacial score (nSPS) is 30.6. The molecule has 11 nitrogen and oxygen atoms in total. The van der Waals surface area contributed by atoms with Crippen molar-refractivity contribution in [2.75, 3.05) is 50.9 Å². The van der Waals surface area contributed by atoms with Crippen molar-refractivity contribution in [3.63, 3.8) is 0 Å². The Kier molecular flexibility index (Phi) is 12.2. The fourth-order valence-electron chi connectivity index (χ4n) is 8.88. The number of halogens is 1. The molecule has 0 radical (unpaired) electrons. The van der Waals surface area contributed by atoms with Crippen LogP contribution < -0.4 is 14.4 Å². The molecule has 5 aliphatic rings. The number of β-amino-alcohol motifs (C(OH)–C–C–N with tert-alkyl or cyclic N) is 1. The first-order valence-corrected chi connectivity index (χ1v) is 20.8. The summed E-state index contributed by atoms with van der Waals surface area (Å²) in [6, 6.07) is 11.2. The van der Waals surface area contributed by atoms with Gasteiger partial charge in [-0.3, -0.25) is 9.69 Å². The molecule has 3 aliphatic heterocycles. The number of rotatable bonds is 4. The third kappa shape index (κ3) is 8.17. The Bertz CT molecular complexity index is 1700. The van der Waals surface area contributed by atoms with Gasteiger partial charge in [-0.05, 0) is 111 Å². The zero-order valence-electron chi connectivity index (χ0n) is 30.3. The molecule has 1 saturated heterocycles. The number of aryl methyl sites for hydroxylation is 1. The third-order valence-electron chi connectivity index (χ3n) is 12.5. The van der Waals surface area contributed by atoms with E-state index in [1.807, 2.05) is 17.9 Å². The molecule has 286 valence electrons. The zero-order chi connectivity index (χ0) is 37.2. The van der Waals surface area contributed by atoms with Crippen LogP contribution >= 0.6 is 11.6 Å². The van der Waals surface area contributed by atoms with Crippen molar-refractivity contribution in [3.8, 4) is 5.75 Å². The second-order valence-corrected chi connectivity index (χ2v) is 18.3. The van der Waals surface area contributed by atoms with Crippen molar-refractivity contribution >= 4 is 39.5 Å². The van der Waals surface area contributed by atoms with Gasteiger partial charge in [0.1, 0.15) is 12.0 Å². The number of likely N-dealkylation sites (tertiary alicyclic amines) is 1. The number of carbonyl (C=O) groups excluding carboxylic acids is 2. The highest BCUT2D eigenvalue weighted by Gasteiger charge is 2.44. The highest BCUT2D eigenvalue weighted by atomic mass is 35.5. The molecule has 52 heavy (non-hydrogen) atoms. The topological polar surface area (TPSA) is 157 Å². The number of aliphatic hydroxyl groups is 3. The average molecular weight is 760 g/mol. The van der Waals surface area contributed by atoms with E-state index in [2.05, 4.69) is 21.8 Å². The summed E-state index contributed by atoms with van der Waals surface area (Å²) in [4.78, 5) is 29.9. The number of nitrogens with zero attached hydrogens (tertiary/aromatic N) is 2. The minimum Gasteiger partial charge on any atom is -0.490 e. The number of nitrogens with one attached hydrogen (secondary N) is 1. The molecule has 13 heteroatoms. The monoisotopic (exact) mass is 759 g/mol. The summed E-state index contributed by atoms with van der Waals surface area (Å²) in [5, 5.41) is 26.2. The smallest absolute Gasteiger partial charge is 0.264 e. The molecule has 1 spiro atoms. The van der Waals surface area contributed by atoms with Gasteiger partial charge < -0.3 is 29.8 Å². The van der Waals surface area contributed by atoms with Gasteiger partial charge in [-0.25, -0.2) is 13.1 Å². The van der Waals surface area contributed by atoms with Crippen molar-refractivity contribution in [1.82, 2.24) is 9.62 Å². The van der Waals surface area contributed by atoms with E-state index in [0.29, 0.717) is 55.8 Å². The Morgan fingerprint density at radius 2 is 1.81 bits per heavy atom. The van der Waals surface area contributed by atoms with Gasteiger partial charge in [0.25, 0.3) is 5.91 Å². The van der Waals surface area contributed by atoms with Crippen LogP contribution in [0.15, 0.2) is 36.4 Å². The molecule has 6 atom stereocenters. The first-order valence-electron chi connectivity index (χ1n) is 18.8. The molecule has 2 fully saturated rings. The van der Waals surface area contributed by atoms with E-state index in [-0.39, 0.29) is 42.6 Å². The summed E-state index contributed by atoms with van der Waals surface area (Å²) in [6.45, 7) is 6.61. The lowest BCUT2D eigenvalue weighted by Gasteiger charge is -2.46. The van der Waals surface area contributed by atoms with Gasteiger partial charge in [0.05, 0.1) is 42.9 Å². The fourth-order valence-corrected chi connectivity index (χ4v) is 10.4. The van der Waals surface area contributed by atoms with Crippen molar-refractivity contribution in [2.45, 2.75) is 88.0 Å². The number of benzene rings is 2. The number of sulfonamides is 1. The summed E-state index contributed by atoms with van der Waals surface area (Å²) in [7, 11) is -3.89. The molecule has 7 rings (SSSR count). The minimum absolute atomic E-state index is 0.0315. The maximum Gasteiger partial charge on any atom is 0.264 e. The van der Waals surface area contributed by atoms with Gasteiger partial charge in [-0.15, -0.1) is 0 Å². The SMILES string of the molecule is C[C@@H]1[C@@H](C)CCCC(C=O)[C@@H]2CC[C@H]2CN2C[C@@]3(CCCc4cc(Cl)ccc43)COc3ccc(cc32)C(=O)NS1(=O)=O.OCC(CO)N1CC(O)C1. The van der Waals surface area contributed by atoms with Crippen molar-refractivity contribution in [2.24, 2.45) is 23.7 Å². The quantitative estimate of drug-likeness (QED) is 0.337. The molecule has 2 bridgehead atoms. The Labute approximate surface area is 312 Å². The Morgan fingerprint density at radius 3 is 2.48 bits per heavy atom. The Balaban J connectivity index is 0.000000402. The number of fused-ring (bicyclic) bond motifs is 4. The van der Waals surface area contributed by atoms with Crippen molar-refractivity contribution in [1.29, 1.82) is 0 Å². The second kappa shape index (κ2) is 16.3. The molecule has 4 N–H and O–H groups in total. The lowest BCUT2D eigenvalue weighted by atomic mass is 9.65. The predicted molar refractivity (Wildman–Crippen MR) is 200 cm³/mol. The van der Waals surface area contributed by atoms with Crippen LogP contribution in [0.25, 0.3) is 0 Å². The van der Waals surface area contributed by atoms with Gasteiger partial charge >= 0.3 is 0 Å². The van der Waals surface area contributed by atoms with Crippen LogP contribution in [-0.4, -0.2) is 104 Å². The lowest BCUT2D eigenvalue weighted by Crippen LogP contribution is -2.57. The average Bonchev–Trinajstić information content (AvgIpc) is 3.25. The summed E-state index contributed by atoms with van der Waals surface area (Å²) < 4.78 is 35.3. The van der Waals surface area contributed by atoms with E-state index >= 15 is 0 Å². The second-order valence-electron chi connectivity index (χ2n) is 15.8. The number of hydrogen-bond acceptors (Lipinski definition) is 10. The van der Waals surface area contributed by atoms with E-state index in [1.165, 1.54) is 11.1 Å². The minimum atomic E-state index is -3.89. The van der Waals surface area contributed by atoms with Crippen LogP contribution in [0.4, 0.5) is 5.69 Å². The molecule has 1 amide bonds. The number of carbonyl (C=O) groups is 2. The number of aldehydes is 1. The number of amides is 1.